The Hall–Kier alpha value is -2.31. The van der Waals surface area contributed by atoms with E-state index in [1.807, 2.05) is 32.9 Å². The predicted molar refractivity (Wildman–Crippen MR) is 81.7 cm³/mol. The van der Waals surface area contributed by atoms with Gasteiger partial charge in [0, 0.05) is 23.2 Å². The quantitative estimate of drug-likeness (QED) is 0.766. The minimum absolute atomic E-state index is 0.0774. The SMILES string of the molecule is CC[C@H](C)c1nc(C(F)(F)F)cn1-c1cc(C)c2[nH]ncc2c1. The Morgan fingerprint density at radius 3 is 2.70 bits per heavy atom. The standard InChI is InChI=1S/C16H17F3N4/c1-4-9(2)15-21-13(16(17,18)19)8-23(15)12-5-10(3)14-11(6-12)7-20-22-14/h5-9H,4H2,1-3H3,(H,20,22)/t9-/m0/s1. The van der Waals surface area contributed by atoms with Crippen molar-refractivity contribution in [3.05, 3.63) is 41.6 Å². The van der Waals surface area contributed by atoms with Gasteiger partial charge in [0.25, 0.3) is 0 Å². The summed E-state index contributed by atoms with van der Waals surface area (Å²) >= 11 is 0. The third kappa shape index (κ3) is 2.71. The van der Waals surface area contributed by atoms with E-state index in [-0.39, 0.29) is 5.92 Å². The molecule has 7 heteroatoms. The number of imidazole rings is 1. The Kier molecular flexibility index (Phi) is 3.66. The van der Waals surface area contributed by atoms with E-state index in [9.17, 15) is 13.2 Å². The lowest BCUT2D eigenvalue weighted by molar-refractivity contribution is -0.141. The van der Waals surface area contributed by atoms with Crippen LogP contribution in [0, 0.1) is 6.92 Å². The fourth-order valence-corrected chi connectivity index (χ4v) is 2.62. The molecule has 3 rings (SSSR count). The van der Waals surface area contributed by atoms with Crippen molar-refractivity contribution in [3.8, 4) is 5.69 Å². The summed E-state index contributed by atoms with van der Waals surface area (Å²) in [4.78, 5) is 3.84. The first-order valence-corrected chi connectivity index (χ1v) is 7.41. The van der Waals surface area contributed by atoms with Crippen molar-refractivity contribution in [1.29, 1.82) is 0 Å². The third-order valence-corrected chi connectivity index (χ3v) is 4.09. The highest BCUT2D eigenvalue weighted by atomic mass is 19.4. The molecule has 0 saturated carbocycles. The van der Waals surface area contributed by atoms with E-state index < -0.39 is 11.9 Å². The van der Waals surface area contributed by atoms with Crippen LogP contribution in [0.3, 0.4) is 0 Å². The minimum atomic E-state index is -4.46. The van der Waals surface area contributed by atoms with Gasteiger partial charge in [-0.15, -0.1) is 0 Å². The second kappa shape index (κ2) is 5.40. The fraction of sp³-hybridized carbons (Fsp3) is 0.375. The van der Waals surface area contributed by atoms with Gasteiger partial charge in [-0.25, -0.2) is 4.98 Å². The zero-order valence-corrected chi connectivity index (χ0v) is 13.1. The molecule has 0 saturated heterocycles. The molecule has 23 heavy (non-hydrogen) atoms. The molecular formula is C16H17F3N4. The first kappa shape index (κ1) is 15.6. The highest BCUT2D eigenvalue weighted by Gasteiger charge is 2.35. The van der Waals surface area contributed by atoms with Crippen LogP contribution in [-0.2, 0) is 6.18 Å². The van der Waals surface area contributed by atoms with E-state index in [2.05, 4.69) is 15.2 Å². The zero-order valence-electron chi connectivity index (χ0n) is 13.1. The molecule has 4 nitrogen and oxygen atoms in total. The van der Waals surface area contributed by atoms with Gasteiger partial charge in [0.2, 0.25) is 0 Å². The number of nitrogens with one attached hydrogen (secondary N) is 1. The van der Waals surface area contributed by atoms with E-state index in [4.69, 9.17) is 0 Å². The maximum Gasteiger partial charge on any atom is 0.434 e. The lowest BCUT2D eigenvalue weighted by Gasteiger charge is -2.13. The second-order valence-electron chi connectivity index (χ2n) is 5.76. The normalized spacial score (nSPS) is 13.7. The van der Waals surface area contributed by atoms with Crippen molar-refractivity contribution in [2.24, 2.45) is 0 Å². The van der Waals surface area contributed by atoms with E-state index in [1.54, 1.807) is 6.20 Å². The van der Waals surface area contributed by atoms with E-state index in [0.717, 1.165) is 22.7 Å². The number of fused-ring (bicyclic) bond motifs is 1. The molecule has 2 aromatic heterocycles. The number of rotatable bonds is 3. The number of hydrogen-bond acceptors (Lipinski definition) is 2. The molecule has 1 N–H and O–H groups in total. The average molecular weight is 322 g/mol. The van der Waals surface area contributed by atoms with Gasteiger partial charge in [0.15, 0.2) is 5.69 Å². The van der Waals surface area contributed by atoms with Gasteiger partial charge >= 0.3 is 6.18 Å². The first-order chi connectivity index (χ1) is 10.8. The zero-order chi connectivity index (χ0) is 16.8. The number of hydrogen-bond donors (Lipinski definition) is 1. The molecular weight excluding hydrogens is 305 g/mol. The number of benzene rings is 1. The number of aromatic amines is 1. The lowest BCUT2D eigenvalue weighted by Crippen LogP contribution is -2.06. The van der Waals surface area contributed by atoms with Gasteiger partial charge < -0.3 is 4.57 Å². The average Bonchev–Trinajstić information content (AvgIpc) is 3.12. The van der Waals surface area contributed by atoms with Crippen LogP contribution in [0.4, 0.5) is 13.2 Å². The third-order valence-electron chi connectivity index (χ3n) is 4.09. The molecule has 0 bridgehead atoms. The molecule has 1 aromatic carbocycles. The number of alkyl halides is 3. The Morgan fingerprint density at radius 1 is 1.30 bits per heavy atom. The molecule has 0 aliphatic rings. The van der Waals surface area contributed by atoms with Crippen LogP contribution in [-0.4, -0.2) is 19.7 Å². The molecule has 3 aromatic rings. The molecule has 0 aliphatic heterocycles. The molecule has 122 valence electrons. The van der Waals surface area contributed by atoms with Crippen molar-refractivity contribution in [1.82, 2.24) is 19.7 Å². The van der Waals surface area contributed by atoms with E-state index >= 15 is 0 Å². The van der Waals surface area contributed by atoms with E-state index in [0.29, 0.717) is 17.9 Å². The number of H-pyrrole nitrogens is 1. The van der Waals surface area contributed by atoms with Crippen LogP contribution in [0.15, 0.2) is 24.5 Å². The topological polar surface area (TPSA) is 46.5 Å². The molecule has 1 atom stereocenters. The summed E-state index contributed by atoms with van der Waals surface area (Å²) in [6, 6.07) is 3.66. The van der Waals surface area contributed by atoms with Gasteiger partial charge in [-0.05, 0) is 31.0 Å². The smallest absolute Gasteiger partial charge is 0.303 e. The molecule has 0 radical (unpaired) electrons. The van der Waals surface area contributed by atoms with Crippen LogP contribution in [0.5, 0.6) is 0 Å². The van der Waals surface area contributed by atoms with Gasteiger partial charge in [-0.2, -0.15) is 18.3 Å². The molecule has 2 heterocycles. The minimum Gasteiger partial charge on any atom is -0.303 e. The Bertz CT molecular complexity index is 845. The largest absolute Gasteiger partial charge is 0.434 e. The van der Waals surface area contributed by atoms with Crippen molar-refractivity contribution in [2.75, 3.05) is 0 Å². The summed E-state index contributed by atoms with van der Waals surface area (Å²) in [5.74, 6) is 0.341. The van der Waals surface area contributed by atoms with Crippen molar-refractivity contribution < 1.29 is 13.2 Å². The van der Waals surface area contributed by atoms with Gasteiger partial charge in [-0.3, -0.25) is 5.10 Å². The van der Waals surface area contributed by atoms with E-state index in [1.165, 1.54) is 4.57 Å². The monoisotopic (exact) mass is 322 g/mol. The number of nitrogens with zero attached hydrogens (tertiary/aromatic N) is 3. The fourth-order valence-electron chi connectivity index (χ4n) is 2.62. The number of aryl methyl sites for hydroxylation is 1. The van der Waals surface area contributed by atoms with Crippen molar-refractivity contribution in [2.45, 2.75) is 39.3 Å². The summed E-state index contributed by atoms with van der Waals surface area (Å²) in [5.41, 5.74) is 1.61. The van der Waals surface area contributed by atoms with Gasteiger partial charge in [0.1, 0.15) is 5.82 Å². The predicted octanol–water partition coefficient (Wildman–Crippen LogP) is 4.59. The van der Waals surface area contributed by atoms with Gasteiger partial charge in [-0.1, -0.05) is 13.8 Å². The second-order valence-corrected chi connectivity index (χ2v) is 5.76. The Labute approximate surface area is 131 Å². The maximum atomic E-state index is 13.1. The lowest BCUT2D eigenvalue weighted by atomic mass is 10.1. The van der Waals surface area contributed by atoms with Crippen LogP contribution in [0.2, 0.25) is 0 Å². The molecule has 0 spiro atoms. The van der Waals surface area contributed by atoms with Crippen molar-refractivity contribution in [3.63, 3.8) is 0 Å². The summed E-state index contributed by atoms with van der Waals surface area (Å²) < 4.78 is 40.7. The number of halogens is 3. The maximum absolute atomic E-state index is 13.1. The summed E-state index contributed by atoms with van der Waals surface area (Å²) in [6.07, 6.45) is -1.01. The highest BCUT2D eigenvalue weighted by Crippen LogP contribution is 2.33. The van der Waals surface area contributed by atoms with Crippen LogP contribution in [0.25, 0.3) is 16.6 Å². The summed E-state index contributed by atoms with van der Waals surface area (Å²) in [7, 11) is 0. The highest BCUT2D eigenvalue weighted by molar-refractivity contribution is 5.83. The Balaban J connectivity index is 2.21. The van der Waals surface area contributed by atoms with Gasteiger partial charge in [0.05, 0.1) is 11.7 Å². The van der Waals surface area contributed by atoms with Crippen molar-refractivity contribution >= 4 is 10.9 Å². The molecule has 0 fully saturated rings. The summed E-state index contributed by atoms with van der Waals surface area (Å²) in [5, 5.41) is 7.73. The molecule has 0 unspecified atom stereocenters. The Morgan fingerprint density at radius 2 is 2.04 bits per heavy atom. The molecule has 0 aliphatic carbocycles. The first-order valence-electron chi connectivity index (χ1n) is 7.41. The van der Waals surface area contributed by atoms with Crippen LogP contribution >= 0.6 is 0 Å². The van der Waals surface area contributed by atoms with Crippen LogP contribution in [0.1, 0.15) is 43.3 Å². The summed E-state index contributed by atoms with van der Waals surface area (Å²) in [6.45, 7) is 5.71. The number of aromatic nitrogens is 4. The van der Waals surface area contributed by atoms with Crippen LogP contribution < -0.4 is 0 Å². The molecule has 0 amide bonds.